The molecule has 1 fully saturated rings. The van der Waals surface area contributed by atoms with Crippen molar-refractivity contribution in [2.75, 3.05) is 18.5 Å². The Hall–Kier alpha value is -1.79. The van der Waals surface area contributed by atoms with Gasteiger partial charge < -0.3 is 25.4 Å². The molecule has 0 saturated carbocycles. The fraction of sp³-hybridized carbons (Fsp3) is 0.545. The first-order valence-corrected chi connectivity index (χ1v) is 5.74. The SMILES string of the molecule is N#Cc1ccnc(N[C@H]2CO[C@H](CO)[C@H](O)[C@@H]2O)n1. The van der Waals surface area contributed by atoms with Gasteiger partial charge in [0.1, 0.15) is 30.1 Å². The van der Waals surface area contributed by atoms with Crippen LogP contribution in [0.15, 0.2) is 12.3 Å². The summed E-state index contributed by atoms with van der Waals surface area (Å²) in [7, 11) is 0. The highest BCUT2D eigenvalue weighted by molar-refractivity contribution is 5.31. The lowest BCUT2D eigenvalue weighted by atomic mass is 9.98. The van der Waals surface area contributed by atoms with Crippen LogP contribution in [0.2, 0.25) is 0 Å². The molecule has 102 valence electrons. The zero-order valence-electron chi connectivity index (χ0n) is 9.97. The average Bonchev–Trinajstić information content (AvgIpc) is 2.44. The monoisotopic (exact) mass is 266 g/mol. The van der Waals surface area contributed by atoms with Crippen LogP contribution in [-0.4, -0.2) is 62.9 Å². The van der Waals surface area contributed by atoms with Crippen LogP contribution in [0.3, 0.4) is 0 Å². The number of hydrogen-bond donors (Lipinski definition) is 4. The van der Waals surface area contributed by atoms with Crippen molar-refractivity contribution in [1.29, 1.82) is 5.26 Å². The number of rotatable bonds is 3. The molecule has 0 radical (unpaired) electrons. The molecule has 1 aliphatic heterocycles. The Bertz CT molecular complexity index is 478. The second-order valence-corrected chi connectivity index (χ2v) is 4.16. The van der Waals surface area contributed by atoms with Gasteiger partial charge in [0.15, 0.2) is 0 Å². The fourth-order valence-corrected chi connectivity index (χ4v) is 1.83. The molecule has 2 heterocycles. The quantitative estimate of drug-likeness (QED) is 0.506. The number of aliphatic hydroxyl groups excluding tert-OH is 3. The molecule has 2 rings (SSSR count). The summed E-state index contributed by atoms with van der Waals surface area (Å²) < 4.78 is 5.21. The van der Waals surface area contributed by atoms with Crippen molar-refractivity contribution >= 4 is 5.95 Å². The van der Waals surface area contributed by atoms with E-state index >= 15 is 0 Å². The molecule has 0 bridgehead atoms. The summed E-state index contributed by atoms with van der Waals surface area (Å²) in [6.45, 7) is -0.283. The van der Waals surface area contributed by atoms with Crippen molar-refractivity contribution in [2.45, 2.75) is 24.4 Å². The molecule has 0 aliphatic carbocycles. The number of anilines is 1. The average molecular weight is 266 g/mol. The molecule has 1 saturated heterocycles. The fourth-order valence-electron chi connectivity index (χ4n) is 1.83. The van der Waals surface area contributed by atoms with Gasteiger partial charge in [-0.2, -0.15) is 5.26 Å². The second-order valence-electron chi connectivity index (χ2n) is 4.16. The van der Waals surface area contributed by atoms with Crippen molar-refractivity contribution in [2.24, 2.45) is 0 Å². The van der Waals surface area contributed by atoms with Crippen LogP contribution in [0.25, 0.3) is 0 Å². The predicted octanol–water partition coefficient (Wildman–Crippen LogP) is -1.76. The maximum atomic E-state index is 9.90. The van der Waals surface area contributed by atoms with Gasteiger partial charge in [-0.25, -0.2) is 9.97 Å². The van der Waals surface area contributed by atoms with Crippen LogP contribution in [0.5, 0.6) is 0 Å². The first-order valence-electron chi connectivity index (χ1n) is 5.74. The molecule has 8 heteroatoms. The van der Waals surface area contributed by atoms with E-state index in [9.17, 15) is 10.2 Å². The molecule has 19 heavy (non-hydrogen) atoms. The molecule has 1 aromatic rings. The molecule has 0 aromatic carbocycles. The Morgan fingerprint density at radius 1 is 1.47 bits per heavy atom. The number of nitriles is 1. The van der Waals surface area contributed by atoms with Crippen LogP contribution < -0.4 is 5.32 Å². The number of aliphatic hydroxyl groups is 3. The molecule has 1 aliphatic rings. The first-order chi connectivity index (χ1) is 9.15. The number of aromatic nitrogens is 2. The Morgan fingerprint density at radius 3 is 2.95 bits per heavy atom. The molecule has 1 aromatic heterocycles. The third kappa shape index (κ3) is 2.97. The Morgan fingerprint density at radius 2 is 2.26 bits per heavy atom. The van der Waals surface area contributed by atoms with E-state index in [0.717, 1.165) is 0 Å². The summed E-state index contributed by atoms with van der Waals surface area (Å²) in [6, 6.07) is 2.71. The minimum Gasteiger partial charge on any atom is -0.394 e. The van der Waals surface area contributed by atoms with Gasteiger partial charge in [-0.15, -0.1) is 0 Å². The van der Waals surface area contributed by atoms with Gasteiger partial charge in [0.25, 0.3) is 0 Å². The highest BCUT2D eigenvalue weighted by Crippen LogP contribution is 2.17. The van der Waals surface area contributed by atoms with E-state index in [-0.39, 0.29) is 24.9 Å². The van der Waals surface area contributed by atoms with Gasteiger partial charge >= 0.3 is 0 Å². The lowest BCUT2D eigenvalue weighted by Crippen LogP contribution is -2.56. The Balaban J connectivity index is 2.05. The lowest BCUT2D eigenvalue weighted by molar-refractivity contribution is -0.152. The topological polar surface area (TPSA) is 132 Å². The van der Waals surface area contributed by atoms with E-state index in [1.54, 1.807) is 0 Å². The maximum absolute atomic E-state index is 9.90. The van der Waals surface area contributed by atoms with Crippen molar-refractivity contribution < 1.29 is 20.1 Å². The van der Waals surface area contributed by atoms with Crippen molar-refractivity contribution in [3.63, 3.8) is 0 Å². The van der Waals surface area contributed by atoms with E-state index in [4.69, 9.17) is 15.1 Å². The molecular weight excluding hydrogens is 252 g/mol. The second kappa shape index (κ2) is 5.90. The lowest BCUT2D eigenvalue weighted by Gasteiger charge is -2.37. The number of nitrogens with one attached hydrogen (secondary N) is 1. The third-order valence-corrected chi connectivity index (χ3v) is 2.90. The summed E-state index contributed by atoms with van der Waals surface area (Å²) in [5.41, 5.74) is 0.192. The highest BCUT2D eigenvalue weighted by Gasteiger charge is 2.38. The smallest absolute Gasteiger partial charge is 0.224 e. The highest BCUT2D eigenvalue weighted by atomic mass is 16.5. The van der Waals surface area contributed by atoms with E-state index in [2.05, 4.69) is 15.3 Å². The minimum absolute atomic E-state index is 0.0869. The van der Waals surface area contributed by atoms with Gasteiger partial charge in [0, 0.05) is 6.20 Å². The zero-order valence-corrected chi connectivity index (χ0v) is 9.97. The van der Waals surface area contributed by atoms with E-state index in [1.807, 2.05) is 6.07 Å². The van der Waals surface area contributed by atoms with E-state index < -0.39 is 24.4 Å². The van der Waals surface area contributed by atoms with Crippen molar-refractivity contribution in [3.05, 3.63) is 18.0 Å². The Labute approximate surface area is 109 Å². The third-order valence-electron chi connectivity index (χ3n) is 2.90. The van der Waals surface area contributed by atoms with Crippen molar-refractivity contribution in [1.82, 2.24) is 9.97 Å². The standard InChI is InChI=1S/C11H14N4O4/c12-3-6-1-2-13-11(14-6)15-7-5-19-8(4-16)10(18)9(7)17/h1-2,7-10,16-18H,4-5H2,(H,13,14,15)/t7-,8+,9+,10-/m0/s1. The first kappa shape index (κ1) is 13.6. The normalized spacial score (nSPS) is 30.6. The summed E-state index contributed by atoms with van der Waals surface area (Å²) in [4.78, 5) is 7.81. The summed E-state index contributed by atoms with van der Waals surface area (Å²) in [5, 5.41) is 40.1. The van der Waals surface area contributed by atoms with Gasteiger partial charge in [0.2, 0.25) is 5.95 Å². The van der Waals surface area contributed by atoms with Crippen molar-refractivity contribution in [3.8, 4) is 6.07 Å². The van der Waals surface area contributed by atoms with Crippen LogP contribution >= 0.6 is 0 Å². The molecule has 4 N–H and O–H groups in total. The van der Waals surface area contributed by atoms with Gasteiger partial charge in [-0.3, -0.25) is 0 Å². The molecule has 0 amide bonds. The maximum Gasteiger partial charge on any atom is 0.224 e. The number of ether oxygens (including phenoxy) is 1. The van der Waals surface area contributed by atoms with Gasteiger partial charge in [-0.05, 0) is 6.07 Å². The van der Waals surface area contributed by atoms with Crippen LogP contribution in [0.1, 0.15) is 5.69 Å². The molecule has 8 nitrogen and oxygen atoms in total. The van der Waals surface area contributed by atoms with E-state index in [1.165, 1.54) is 12.3 Å². The molecular formula is C11H14N4O4. The Kier molecular flexibility index (Phi) is 4.24. The molecule has 0 unspecified atom stereocenters. The van der Waals surface area contributed by atoms with Crippen LogP contribution in [0.4, 0.5) is 5.95 Å². The molecule has 0 spiro atoms. The predicted molar refractivity (Wildman–Crippen MR) is 63.0 cm³/mol. The summed E-state index contributed by atoms with van der Waals surface area (Å²) in [5.74, 6) is 0.168. The summed E-state index contributed by atoms with van der Waals surface area (Å²) in [6.07, 6.45) is -1.72. The largest absolute Gasteiger partial charge is 0.394 e. The van der Waals surface area contributed by atoms with Gasteiger partial charge in [0.05, 0.1) is 19.3 Å². The van der Waals surface area contributed by atoms with E-state index in [0.29, 0.717) is 0 Å². The molecule has 4 atom stereocenters. The number of nitrogens with zero attached hydrogens (tertiary/aromatic N) is 3. The zero-order chi connectivity index (χ0) is 13.8. The summed E-state index contributed by atoms with van der Waals surface area (Å²) >= 11 is 0. The number of hydrogen-bond acceptors (Lipinski definition) is 8. The van der Waals surface area contributed by atoms with Crippen LogP contribution in [-0.2, 0) is 4.74 Å². The minimum atomic E-state index is -1.20. The van der Waals surface area contributed by atoms with Crippen LogP contribution in [0, 0.1) is 11.3 Å². The van der Waals surface area contributed by atoms with Gasteiger partial charge in [-0.1, -0.05) is 0 Å².